The summed E-state index contributed by atoms with van der Waals surface area (Å²) in [4.78, 5) is 33.8. The molecule has 5 N–H and O–H groups in total. The Morgan fingerprint density at radius 2 is 1.80 bits per heavy atom. The number of hydrogen-bond donors (Lipinski definition) is 4. The van der Waals surface area contributed by atoms with E-state index in [9.17, 15) is 14.4 Å². The van der Waals surface area contributed by atoms with Crippen LogP contribution in [0.4, 0.5) is 0 Å². The molecule has 7 nitrogen and oxygen atoms in total. The summed E-state index contributed by atoms with van der Waals surface area (Å²) in [5, 5.41) is 13.5. The highest BCUT2D eigenvalue weighted by atomic mass is 16.4. The van der Waals surface area contributed by atoms with E-state index < -0.39 is 30.5 Å². The average molecular weight is 279 g/mol. The molecule has 0 fully saturated rings. The van der Waals surface area contributed by atoms with Crippen LogP contribution in [0, 0.1) is 0 Å². The Hall–Kier alpha value is -2.41. The van der Waals surface area contributed by atoms with Gasteiger partial charge in [0, 0.05) is 5.56 Å². The Bertz CT molecular complexity index is 490. The van der Waals surface area contributed by atoms with E-state index in [1.165, 1.54) is 0 Å². The van der Waals surface area contributed by atoms with Crippen LogP contribution < -0.4 is 16.4 Å². The molecule has 0 aliphatic rings. The summed E-state index contributed by atoms with van der Waals surface area (Å²) in [5.41, 5.74) is 5.86. The number of carbonyl (C=O) groups is 3. The molecule has 0 aliphatic heterocycles. The standard InChI is InChI=1S/C13H17N3O4/c1-8(16-13(20)10(14)7-11(17)18)15-12(19)9-5-3-2-4-6-9/h2-6,8,10H,7,14H2,1H3,(H,15,19)(H,16,20)(H,17,18)/t8-,10+/m1/s1. The first-order valence-corrected chi connectivity index (χ1v) is 6.04. The molecule has 0 saturated carbocycles. The number of nitrogens with two attached hydrogens (primary N) is 1. The monoisotopic (exact) mass is 279 g/mol. The van der Waals surface area contributed by atoms with Crippen molar-refractivity contribution in [3.8, 4) is 0 Å². The van der Waals surface area contributed by atoms with E-state index in [0.717, 1.165) is 0 Å². The molecule has 1 aromatic carbocycles. The number of nitrogens with one attached hydrogen (secondary N) is 2. The predicted molar refractivity (Wildman–Crippen MR) is 71.7 cm³/mol. The molecule has 1 aromatic rings. The van der Waals surface area contributed by atoms with Gasteiger partial charge in [-0.05, 0) is 19.1 Å². The van der Waals surface area contributed by atoms with Crippen LogP contribution in [-0.2, 0) is 9.59 Å². The van der Waals surface area contributed by atoms with E-state index in [1.807, 2.05) is 0 Å². The second kappa shape index (κ2) is 7.25. The molecule has 1 rings (SSSR count). The highest BCUT2D eigenvalue weighted by Crippen LogP contribution is 1.98. The molecule has 2 amide bonds. The lowest BCUT2D eigenvalue weighted by molar-refractivity contribution is -0.139. The number of carbonyl (C=O) groups excluding carboxylic acids is 2. The van der Waals surface area contributed by atoms with Gasteiger partial charge in [0.2, 0.25) is 5.91 Å². The molecule has 0 saturated heterocycles. The Morgan fingerprint density at radius 3 is 2.35 bits per heavy atom. The van der Waals surface area contributed by atoms with Gasteiger partial charge < -0.3 is 21.5 Å². The van der Waals surface area contributed by atoms with Crippen LogP contribution in [0.2, 0.25) is 0 Å². The summed E-state index contributed by atoms with van der Waals surface area (Å²) in [6, 6.07) is 7.36. The van der Waals surface area contributed by atoms with E-state index in [4.69, 9.17) is 10.8 Å². The maximum absolute atomic E-state index is 11.8. The molecule has 0 unspecified atom stereocenters. The van der Waals surface area contributed by atoms with Gasteiger partial charge in [-0.15, -0.1) is 0 Å². The summed E-state index contributed by atoms with van der Waals surface area (Å²) in [7, 11) is 0. The van der Waals surface area contributed by atoms with Gasteiger partial charge in [-0.25, -0.2) is 0 Å². The number of amides is 2. The lowest BCUT2D eigenvalue weighted by atomic mass is 10.2. The van der Waals surface area contributed by atoms with Crippen LogP contribution >= 0.6 is 0 Å². The van der Waals surface area contributed by atoms with Crippen LogP contribution in [0.15, 0.2) is 30.3 Å². The van der Waals surface area contributed by atoms with Gasteiger partial charge in [0.15, 0.2) is 0 Å². The van der Waals surface area contributed by atoms with Crippen molar-refractivity contribution in [1.29, 1.82) is 0 Å². The Balaban J connectivity index is 2.47. The number of benzene rings is 1. The molecule has 0 heterocycles. The third-order valence-corrected chi connectivity index (χ3v) is 2.47. The second-order valence-electron chi connectivity index (χ2n) is 4.27. The van der Waals surface area contributed by atoms with E-state index in [2.05, 4.69) is 10.6 Å². The average Bonchev–Trinajstić information content (AvgIpc) is 2.38. The first kappa shape index (κ1) is 15.6. The van der Waals surface area contributed by atoms with Crippen LogP contribution in [0.1, 0.15) is 23.7 Å². The first-order valence-electron chi connectivity index (χ1n) is 6.04. The van der Waals surface area contributed by atoms with E-state index in [-0.39, 0.29) is 5.91 Å². The predicted octanol–water partition coefficient (Wildman–Crippen LogP) is -0.319. The summed E-state index contributed by atoms with van der Waals surface area (Å²) in [5.74, 6) is -2.13. The highest BCUT2D eigenvalue weighted by Gasteiger charge is 2.19. The zero-order chi connectivity index (χ0) is 15.1. The largest absolute Gasteiger partial charge is 0.481 e. The molecule has 20 heavy (non-hydrogen) atoms. The van der Waals surface area contributed by atoms with Crippen molar-refractivity contribution in [1.82, 2.24) is 10.6 Å². The third kappa shape index (κ3) is 5.07. The first-order chi connectivity index (χ1) is 9.40. The van der Waals surface area contributed by atoms with Gasteiger partial charge in [-0.2, -0.15) is 0 Å². The molecular formula is C13H17N3O4. The highest BCUT2D eigenvalue weighted by molar-refractivity contribution is 5.94. The van der Waals surface area contributed by atoms with Gasteiger partial charge >= 0.3 is 5.97 Å². The lowest BCUT2D eigenvalue weighted by Gasteiger charge is -2.18. The normalized spacial score (nSPS) is 13.1. The van der Waals surface area contributed by atoms with E-state index >= 15 is 0 Å². The molecule has 0 radical (unpaired) electrons. The second-order valence-corrected chi connectivity index (χ2v) is 4.27. The summed E-state index contributed by atoms with van der Waals surface area (Å²) >= 11 is 0. The number of rotatable bonds is 6. The third-order valence-electron chi connectivity index (χ3n) is 2.47. The van der Waals surface area contributed by atoms with E-state index in [1.54, 1.807) is 37.3 Å². The zero-order valence-electron chi connectivity index (χ0n) is 11.0. The molecule has 0 spiro atoms. The summed E-state index contributed by atoms with van der Waals surface area (Å²) in [6.07, 6.45) is -1.12. The zero-order valence-corrected chi connectivity index (χ0v) is 11.0. The maximum Gasteiger partial charge on any atom is 0.305 e. The number of aliphatic carboxylic acids is 1. The molecule has 0 aromatic heterocycles. The smallest absolute Gasteiger partial charge is 0.305 e. The quantitative estimate of drug-likeness (QED) is 0.532. The van der Waals surface area contributed by atoms with Crippen molar-refractivity contribution in [3.63, 3.8) is 0 Å². The summed E-state index contributed by atoms with van der Waals surface area (Å²) in [6.45, 7) is 1.56. The van der Waals surface area contributed by atoms with Crippen LogP contribution in [0.25, 0.3) is 0 Å². The minimum atomic E-state index is -1.16. The van der Waals surface area contributed by atoms with E-state index in [0.29, 0.717) is 5.56 Å². The molecule has 7 heteroatoms. The fraction of sp³-hybridized carbons (Fsp3) is 0.308. The molecule has 2 atom stereocenters. The maximum atomic E-state index is 11.8. The SMILES string of the molecule is C[C@H](NC(=O)c1ccccc1)NC(=O)[C@@H](N)CC(=O)O. The van der Waals surface area contributed by atoms with Crippen molar-refractivity contribution in [2.24, 2.45) is 5.73 Å². The number of carboxylic acid groups (broad SMARTS) is 1. The minimum absolute atomic E-state index is 0.342. The number of carboxylic acids is 1. The Morgan fingerprint density at radius 1 is 1.20 bits per heavy atom. The van der Waals surface area contributed by atoms with Crippen LogP contribution in [0.3, 0.4) is 0 Å². The van der Waals surface area contributed by atoms with Gasteiger partial charge in [0.25, 0.3) is 5.91 Å². The van der Waals surface area contributed by atoms with Crippen molar-refractivity contribution in [2.45, 2.75) is 25.6 Å². The van der Waals surface area contributed by atoms with Gasteiger partial charge in [0.05, 0.1) is 18.6 Å². The van der Waals surface area contributed by atoms with Gasteiger partial charge in [-0.3, -0.25) is 14.4 Å². The van der Waals surface area contributed by atoms with Gasteiger partial charge in [0.1, 0.15) is 0 Å². The Labute approximate surface area is 116 Å². The summed E-state index contributed by atoms with van der Waals surface area (Å²) < 4.78 is 0. The van der Waals surface area contributed by atoms with Crippen molar-refractivity contribution >= 4 is 17.8 Å². The topological polar surface area (TPSA) is 122 Å². The fourth-order valence-corrected chi connectivity index (χ4v) is 1.51. The fourth-order valence-electron chi connectivity index (χ4n) is 1.51. The Kier molecular flexibility index (Phi) is 5.67. The molecule has 108 valence electrons. The van der Waals surface area contributed by atoms with Crippen molar-refractivity contribution < 1.29 is 19.5 Å². The van der Waals surface area contributed by atoms with Crippen molar-refractivity contribution in [3.05, 3.63) is 35.9 Å². The van der Waals surface area contributed by atoms with Gasteiger partial charge in [-0.1, -0.05) is 18.2 Å². The number of hydrogen-bond acceptors (Lipinski definition) is 4. The van der Waals surface area contributed by atoms with Crippen molar-refractivity contribution in [2.75, 3.05) is 0 Å². The molecule has 0 aliphatic carbocycles. The lowest BCUT2D eigenvalue weighted by Crippen LogP contribution is -2.51. The minimum Gasteiger partial charge on any atom is -0.481 e. The molecular weight excluding hydrogens is 262 g/mol. The van der Waals surface area contributed by atoms with Crippen LogP contribution in [0.5, 0.6) is 0 Å². The molecule has 0 bridgehead atoms. The van der Waals surface area contributed by atoms with Crippen LogP contribution in [-0.4, -0.2) is 35.1 Å².